The van der Waals surface area contributed by atoms with E-state index in [2.05, 4.69) is 15.0 Å². The van der Waals surface area contributed by atoms with Gasteiger partial charge in [-0.2, -0.15) is 0 Å². The molecule has 0 bridgehead atoms. The maximum atomic E-state index is 14.5. The van der Waals surface area contributed by atoms with E-state index >= 15 is 0 Å². The van der Waals surface area contributed by atoms with Crippen molar-refractivity contribution < 1.29 is 18.4 Å². The summed E-state index contributed by atoms with van der Waals surface area (Å²) in [6.45, 7) is 3.97. The number of carbonyl (C=O) groups excluding carboxylic acids is 2. The summed E-state index contributed by atoms with van der Waals surface area (Å²) in [6, 6.07) is 1.75. The Morgan fingerprint density at radius 3 is 2.58 bits per heavy atom. The Kier molecular flexibility index (Phi) is 4.50. The van der Waals surface area contributed by atoms with E-state index in [0.717, 1.165) is 12.1 Å². The number of aromatic nitrogens is 3. The van der Waals surface area contributed by atoms with Crippen LogP contribution < -0.4 is 5.73 Å². The molecule has 8 heteroatoms. The molecule has 6 nitrogen and oxygen atoms in total. The average molecular weight is 358 g/mol. The van der Waals surface area contributed by atoms with Crippen LogP contribution in [0.15, 0.2) is 24.7 Å². The van der Waals surface area contributed by atoms with Gasteiger partial charge < -0.3 is 10.7 Å². The highest BCUT2D eigenvalue weighted by Gasteiger charge is 2.26. The lowest BCUT2D eigenvalue weighted by molar-refractivity contribution is 0.0996. The number of aromatic amines is 1. The number of hydrogen-bond donors (Lipinski definition) is 2. The molecular formula is C18H16F2N4O2. The number of halogens is 2. The molecule has 0 saturated heterocycles. The van der Waals surface area contributed by atoms with Crippen LogP contribution in [0.3, 0.4) is 0 Å². The lowest BCUT2D eigenvalue weighted by atomic mass is 9.97. The molecule has 26 heavy (non-hydrogen) atoms. The maximum Gasteiger partial charge on any atom is 0.251 e. The third-order valence-electron chi connectivity index (χ3n) is 3.98. The second-order valence-corrected chi connectivity index (χ2v) is 6.32. The molecule has 0 unspecified atom stereocenters. The van der Waals surface area contributed by atoms with Crippen molar-refractivity contribution in [3.05, 3.63) is 58.7 Å². The maximum absolute atomic E-state index is 14.5. The van der Waals surface area contributed by atoms with E-state index in [1.54, 1.807) is 0 Å². The molecule has 3 N–H and O–H groups in total. The van der Waals surface area contributed by atoms with Crippen LogP contribution in [0.5, 0.6) is 0 Å². The Morgan fingerprint density at radius 1 is 1.19 bits per heavy atom. The number of primary amides is 1. The molecule has 3 rings (SSSR count). The average Bonchev–Trinajstić information content (AvgIpc) is 2.99. The van der Waals surface area contributed by atoms with Crippen molar-refractivity contribution in [2.24, 2.45) is 11.7 Å². The van der Waals surface area contributed by atoms with E-state index in [1.165, 1.54) is 12.5 Å². The fourth-order valence-corrected chi connectivity index (χ4v) is 2.83. The van der Waals surface area contributed by atoms with Crippen molar-refractivity contribution in [1.82, 2.24) is 15.0 Å². The van der Waals surface area contributed by atoms with Gasteiger partial charge in [-0.05, 0) is 24.5 Å². The highest BCUT2D eigenvalue weighted by molar-refractivity contribution is 6.17. The number of nitrogens with one attached hydrogen (secondary N) is 1. The summed E-state index contributed by atoms with van der Waals surface area (Å²) in [5.41, 5.74) is 4.73. The molecule has 1 amide bonds. The predicted molar refractivity (Wildman–Crippen MR) is 90.7 cm³/mol. The molecule has 0 spiro atoms. The first-order valence-electron chi connectivity index (χ1n) is 7.94. The van der Waals surface area contributed by atoms with Gasteiger partial charge in [0.25, 0.3) is 5.91 Å². The van der Waals surface area contributed by atoms with Gasteiger partial charge in [0.05, 0.1) is 27.8 Å². The molecule has 0 saturated carbocycles. The molecule has 134 valence electrons. The third kappa shape index (κ3) is 2.94. The molecule has 0 aliphatic carbocycles. The Morgan fingerprint density at radius 2 is 1.92 bits per heavy atom. The molecule has 0 aliphatic heterocycles. The van der Waals surface area contributed by atoms with E-state index in [0.29, 0.717) is 23.1 Å². The van der Waals surface area contributed by atoms with E-state index in [9.17, 15) is 18.4 Å². The van der Waals surface area contributed by atoms with Crippen molar-refractivity contribution in [3.63, 3.8) is 0 Å². The van der Waals surface area contributed by atoms with Crippen molar-refractivity contribution in [2.75, 3.05) is 0 Å². The Labute approximate surface area is 147 Å². The van der Waals surface area contributed by atoms with Crippen molar-refractivity contribution in [2.45, 2.75) is 20.3 Å². The number of carbonyl (C=O) groups is 2. The first kappa shape index (κ1) is 17.7. The Hall–Kier alpha value is -3.16. The molecule has 2 aromatic heterocycles. The van der Waals surface area contributed by atoms with Gasteiger partial charge >= 0.3 is 0 Å². The molecule has 0 aliphatic rings. The monoisotopic (exact) mass is 358 g/mol. The first-order valence-corrected chi connectivity index (χ1v) is 7.94. The van der Waals surface area contributed by atoms with E-state index < -0.39 is 34.5 Å². The van der Waals surface area contributed by atoms with Gasteiger partial charge in [-0.1, -0.05) is 13.8 Å². The van der Waals surface area contributed by atoms with Crippen LogP contribution in [0.25, 0.3) is 11.0 Å². The number of amides is 1. The van der Waals surface area contributed by atoms with Crippen molar-refractivity contribution >= 4 is 22.7 Å². The normalized spacial score (nSPS) is 11.3. The smallest absolute Gasteiger partial charge is 0.251 e. The first-order chi connectivity index (χ1) is 12.3. The summed E-state index contributed by atoms with van der Waals surface area (Å²) in [7, 11) is 0. The van der Waals surface area contributed by atoms with Gasteiger partial charge in [-0.3, -0.25) is 9.59 Å². The quantitative estimate of drug-likeness (QED) is 0.685. The second kappa shape index (κ2) is 6.62. The minimum Gasteiger partial charge on any atom is -0.366 e. The van der Waals surface area contributed by atoms with Gasteiger partial charge in [-0.25, -0.2) is 18.7 Å². The number of ketones is 1. The van der Waals surface area contributed by atoms with Crippen molar-refractivity contribution in [3.8, 4) is 0 Å². The number of nitrogens with zero attached hydrogens (tertiary/aromatic N) is 2. The van der Waals surface area contributed by atoms with Gasteiger partial charge in [0.1, 0.15) is 23.6 Å². The van der Waals surface area contributed by atoms with Crippen LogP contribution in [-0.2, 0) is 6.42 Å². The van der Waals surface area contributed by atoms with Crippen molar-refractivity contribution in [1.29, 1.82) is 0 Å². The highest BCUT2D eigenvalue weighted by Crippen LogP contribution is 2.27. The Balaban J connectivity index is 2.21. The van der Waals surface area contributed by atoms with Crippen LogP contribution in [0, 0.1) is 17.6 Å². The van der Waals surface area contributed by atoms with Crippen LogP contribution in [0.1, 0.15) is 45.8 Å². The third-order valence-corrected chi connectivity index (χ3v) is 3.98. The summed E-state index contributed by atoms with van der Waals surface area (Å²) in [5.74, 6) is -4.10. The lowest BCUT2D eigenvalue weighted by Crippen LogP contribution is -2.17. The fraction of sp³-hybridized carbons (Fsp3) is 0.222. The van der Waals surface area contributed by atoms with Gasteiger partial charge in [0.2, 0.25) is 5.78 Å². The molecule has 1 aromatic carbocycles. The standard InChI is InChI=1S/C18H16F2N4O2/c1-8(2)5-12-13-10(6-22-18(13)24-7-23-12)16(25)14-11(19)4-3-9(15(14)20)17(21)26/h3-4,6-8H,5H2,1-2H3,(H2,21,26)(H,22,23,24). The number of rotatable bonds is 5. The largest absolute Gasteiger partial charge is 0.366 e. The number of hydrogen-bond acceptors (Lipinski definition) is 4. The molecular weight excluding hydrogens is 342 g/mol. The van der Waals surface area contributed by atoms with Gasteiger partial charge in [0, 0.05) is 6.20 Å². The molecule has 2 heterocycles. The molecule has 0 atom stereocenters. The Bertz CT molecular complexity index is 1030. The SMILES string of the molecule is CC(C)Cc1ncnc2[nH]cc(C(=O)c3c(F)ccc(C(N)=O)c3F)c12. The fourth-order valence-electron chi connectivity index (χ4n) is 2.83. The summed E-state index contributed by atoms with van der Waals surface area (Å²) in [5, 5.41) is 0.412. The molecule has 0 fully saturated rings. The predicted octanol–water partition coefficient (Wildman–Crippen LogP) is 2.76. The zero-order valence-corrected chi connectivity index (χ0v) is 14.1. The van der Waals surface area contributed by atoms with Crippen LogP contribution in [0.2, 0.25) is 0 Å². The summed E-state index contributed by atoms with van der Waals surface area (Å²) < 4.78 is 28.7. The zero-order valence-electron chi connectivity index (χ0n) is 14.1. The number of nitrogens with two attached hydrogens (primary N) is 1. The summed E-state index contributed by atoms with van der Waals surface area (Å²) in [6.07, 6.45) is 3.25. The number of benzene rings is 1. The number of H-pyrrole nitrogens is 1. The van der Waals surface area contributed by atoms with Crippen LogP contribution in [0.4, 0.5) is 8.78 Å². The second-order valence-electron chi connectivity index (χ2n) is 6.32. The summed E-state index contributed by atoms with van der Waals surface area (Å²) in [4.78, 5) is 35.3. The highest BCUT2D eigenvalue weighted by atomic mass is 19.1. The molecule has 3 aromatic rings. The van der Waals surface area contributed by atoms with E-state index in [4.69, 9.17) is 5.73 Å². The van der Waals surface area contributed by atoms with Crippen LogP contribution >= 0.6 is 0 Å². The minimum absolute atomic E-state index is 0.0377. The van der Waals surface area contributed by atoms with Crippen LogP contribution in [-0.4, -0.2) is 26.6 Å². The topological polar surface area (TPSA) is 102 Å². The lowest BCUT2D eigenvalue weighted by Gasteiger charge is -2.09. The number of fused-ring (bicyclic) bond motifs is 1. The zero-order chi connectivity index (χ0) is 19.0. The van der Waals surface area contributed by atoms with E-state index in [1.807, 2.05) is 13.8 Å². The minimum atomic E-state index is -1.28. The molecule has 0 radical (unpaired) electrons. The van der Waals surface area contributed by atoms with Gasteiger partial charge in [0.15, 0.2) is 0 Å². The summed E-state index contributed by atoms with van der Waals surface area (Å²) >= 11 is 0. The van der Waals surface area contributed by atoms with Gasteiger partial charge in [-0.15, -0.1) is 0 Å². The van der Waals surface area contributed by atoms with E-state index in [-0.39, 0.29) is 11.5 Å².